The monoisotopic (exact) mass is 248 g/mol. The lowest BCUT2D eigenvalue weighted by molar-refractivity contribution is -0.127. The van der Waals surface area contributed by atoms with E-state index >= 15 is 0 Å². The Kier molecular flexibility index (Phi) is 4.20. The first-order valence-corrected chi connectivity index (χ1v) is 6.33. The highest BCUT2D eigenvalue weighted by molar-refractivity contribution is 5.78. The Morgan fingerprint density at radius 1 is 1.50 bits per heavy atom. The standard InChI is InChI=1S/C14H20N2O2/c1-18-13-4-2-3-11(7-13)5-6-16-10-12(9-15)8-14(16)17/h2-4,7,12H,5-6,8-10,15H2,1H3. The van der Waals surface area contributed by atoms with E-state index < -0.39 is 0 Å². The van der Waals surface area contributed by atoms with Gasteiger partial charge in [-0.15, -0.1) is 0 Å². The second kappa shape index (κ2) is 5.87. The lowest BCUT2D eigenvalue weighted by Gasteiger charge is -2.16. The number of hydrogen-bond acceptors (Lipinski definition) is 3. The van der Waals surface area contributed by atoms with Crippen LogP contribution in [0.1, 0.15) is 12.0 Å². The van der Waals surface area contributed by atoms with Gasteiger partial charge in [0.15, 0.2) is 0 Å². The van der Waals surface area contributed by atoms with Gasteiger partial charge in [0.1, 0.15) is 5.75 Å². The maximum absolute atomic E-state index is 11.7. The number of carbonyl (C=O) groups is 1. The van der Waals surface area contributed by atoms with E-state index in [4.69, 9.17) is 10.5 Å². The van der Waals surface area contributed by atoms with Crippen molar-refractivity contribution in [2.45, 2.75) is 12.8 Å². The quantitative estimate of drug-likeness (QED) is 0.847. The molecule has 1 aromatic rings. The molecule has 0 aromatic heterocycles. The molecule has 0 bridgehead atoms. The van der Waals surface area contributed by atoms with E-state index in [0.717, 1.165) is 25.3 Å². The van der Waals surface area contributed by atoms with Gasteiger partial charge in [0.2, 0.25) is 5.91 Å². The van der Waals surface area contributed by atoms with Crippen molar-refractivity contribution in [1.82, 2.24) is 4.90 Å². The van der Waals surface area contributed by atoms with Crippen molar-refractivity contribution in [1.29, 1.82) is 0 Å². The fraction of sp³-hybridized carbons (Fsp3) is 0.500. The van der Waals surface area contributed by atoms with Gasteiger partial charge < -0.3 is 15.4 Å². The van der Waals surface area contributed by atoms with Crippen molar-refractivity contribution in [3.05, 3.63) is 29.8 Å². The van der Waals surface area contributed by atoms with Crippen LogP contribution in [0.3, 0.4) is 0 Å². The lowest BCUT2D eigenvalue weighted by atomic mass is 10.1. The molecular formula is C14H20N2O2. The van der Waals surface area contributed by atoms with Crippen molar-refractivity contribution in [3.63, 3.8) is 0 Å². The Morgan fingerprint density at radius 3 is 3.00 bits per heavy atom. The zero-order valence-electron chi connectivity index (χ0n) is 10.8. The molecule has 2 N–H and O–H groups in total. The van der Waals surface area contributed by atoms with E-state index in [-0.39, 0.29) is 5.91 Å². The predicted molar refractivity (Wildman–Crippen MR) is 70.4 cm³/mol. The third-order valence-electron chi connectivity index (χ3n) is 3.43. The van der Waals surface area contributed by atoms with Gasteiger partial charge in [0.25, 0.3) is 0 Å². The van der Waals surface area contributed by atoms with Crippen LogP contribution in [0.2, 0.25) is 0 Å². The first-order chi connectivity index (χ1) is 8.72. The molecule has 1 aliphatic rings. The van der Waals surface area contributed by atoms with E-state index in [1.165, 1.54) is 5.56 Å². The normalized spacial score (nSPS) is 19.3. The van der Waals surface area contributed by atoms with Crippen molar-refractivity contribution < 1.29 is 9.53 Å². The van der Waals surface area contributed by atoms with E-state index in [1.807, 2.05) is 23.1 Å². The average molecular weight is 248 g/mol. The lowest BCUT2D eigenvalue weighted by Crippen LogP contribution is -2.28. The number of rotatable bonds is 5. The zero-order valence-corrected chi connectivity index (χ0v) is 10.8. The van der Waals surface area contributed by atoms with Crippen LogP contribution < -0.4 is 10.5 Å². The number of ether oxygens (including phenoxy) is 1. The highest BCUT2D eigenvalue weighted by atomic mass is 16.5. The molecule has 0 radical (unpaired) electrons. The Hall–Kier alpha value is -1.55. The maximum atomic E-state index is 11.7. The fourth-order valence-electron chi connectivity index (χ4n) is 2.32. The van der Waals surface area contributed by atoms with Gasteiger partial charge in [-0.05, 0) is 36.6 Å². The van der Waals surface area contributed by atoms with E-state index in [2.05, 4.69) is 6.07 Å². The summed E-state index contributed by atoms with van der Waals surface area (Å²) in [7, 11) is 1.66. The molecule has 0 saturated carbocycles. The van der Waals surface area contributed by atoms with E-state index in [1.54, 1.807) is 7.11 Å². The van der Waals surface area contributed by atoms with Gasteiger partial charge >= 0.3 is 0 Å². The van der Waals surface area contributed by atoms with E-state index in [0.29, 0.717) is 18.9 Å². The topological polar surface area (TPSA) is 55.6 Å². The minimum Gasteiger partial charge on any atom is -0.497 e. The van der Waals surface area contributed by atoms with E-state index in [9.17, 15) is 4.79 Å². The summed E-state index contributed by atoms with van der Waals surface area (Å²) in [5.74, 6) is 1.43. The molecule has 1 heterocycles. The molecule has 1 aromatic carbocycles. The SMILES string of the molecule is COc1cccc(CCN2CC(CN)CC2=O)c1. The molecule has 4 nitrogen and oxygen atoms in total. The third kappa shape index (κ3) is 3.01. The number of nitrogens with zero attached hydrogens (tertiary/aromatic N) is 1. The summed E-state index contributed by atoms with van der Waals surface area (Å²) in [6, 6.07) is 7.97. The molecule has 18 heavy (non-hydrogen) atoms. The second-order valence-electron chi connectivity index (χ2n) is 4.75. The third-order valence-corrected chi connectivity index (χ3v) is 3.43. The van der Waals surface area contributed by atoms with Gasteiger partial charge in [-0.2, -0.15) is 0 Å². The minimum absolute atomic E-state index is 0.230. The molecule has 1 fully saturated rings. The van der Waals surface area contributed by atoms with Gasteiger partial charge in [-0.3, -0.25) is 4.79 Å². The number of nitrogens with two attached hydrogens (primary N) is 1. The summed E-state index contributed by atoms with van der Waals surface area (Å²) in [5, 5.41) is 0. The largest absolute Gasteiger partial charge is 0.497 e. The summed E-state index contributed by atoms with van der Waals surface area (Å²) < 4.78 is 5.19. The molecule has 1 unspecified atom stereocenters. The van der Waals surface area contributed by atoms with Crippen LogP contribution in [0.15, 0.2) is 24.3 Å². The van der Waals surface area contributed by atoms with Crippen molar-refractivity contribution in [2.24, 2.45) is 11.7 Å². The fourth-order valence-corrected chi connectivity index (χ4v) is 2.32. The molecule has 98 valence electrons. The zero-order chi connectivity index (χ0) is 13.0. The Balaban J connectivity index is 1.89. The molecule has 1 atom stereocenters. The van der Waals surface area contributed by atoms with Crippen LogP contribution in [0.25, 0.3) is 0 Å². The Morgan fingerprint density at radius 2 is 2.33 bits per heavy atom. The molecule has 1 aliphatic heterocycles. The summed E-state index contributed by atoms with van der Waals surface area (Å²) in [6.07, 6.45) is 1.47. The molecule has 1 saturated heterocycles. The Bertz CT molecular complexity index is 420. The number of likely N-dealkylation sites (tertiary alicyclic amines) is 1. The summed E-state index contributed by atoms with van der Waals surface area (Å²) >= 11 is 0. The van der Waals surface area contributed by atoms with Crippen molar-refractivity contribution >= 4 is 5.91 Å². The van der Waals surface area contributed by atoms with Crippen LogP contribution >= 0.6 is 0 Å². The van der Waals surface area contributed by atoms with Crippen LogP contribution in [0.5, 0.6) is 5.75 Å². The van der Waals surface area contributed by atoms with Gasteiger partial charge in [-0.1, -0.05) is 12.1 Å². The number of carbonyl (C=O) groups excluding carboxylic acids is 1. The second-order valence-corrected chi connectivity index (χ2v) is 4.75. The molecule has 2 rings (SSSR count). The summed E-state index contributed by atoms with van der Waals surface area (Å²) in [6.45, 7) is 2.17. The molecule has 0 spiro atoms. The summed E-state index contributed by atoms with van der Waals surface area (Å²) in [5.41, 5.74) is 6.80. The van der Waals surface area contributed by atoms with Crippen molar-refractivity contribution in [2.75, 3.05) is 26.7 Å². The van der Waals surface area contributed by atoms with Gasteiger partial charge in [-0.25, -0.2) is 0 Å². The molecule has 4 heteroatoms. The maximum Gasteiger partial charge on any atom is 0.222 e. The van der Waals surface area contributed by atoms with Crippen molar-refractivity contribution in [3.8, 4) is 5.75 Å². The highest BCUT2D eigenvalue weighted by Gasteiger charge is 2.27. The number of hydrogen-bond donors (Lipinski definition) is 1. The van der Waals surface area contributed by atoms with Gasteiger partial charge in [0, 0.05) is 19.5 Å². The first kappa shape index (κ1) is 12.9. The average Bonchev–Trinajstić information content (AvgIpc) is 2.77. The van der Waals surface area contributed by atoms with Crippen LogP contribution in [-0.4, -0.2) is 37.6 Å². The molecule has 0 aliphatic carbocycles. The summed E-state index contributed by atoms with van der Waals surface area (Å²) in [4.78, 5) is 13.6. The Labute approximate surface area is 108 Å². The van der Waals surface area contributed by atoms with Crippen LogP contribution in [0, 0.1) is 5.92 Å². The highest BCUT2D eigenvalue weighted by Crippen LogP contribution is 2.18. The molecular weight excluding hydrogens is 228 g/mol. The van der Waals surface area contributed by atoms with Crippen LogP contribution in [0.4, 0.5) is 0 Å². The smallest absolute Gasteiger partial charge is 0.222 e. The minimum atomic E-state index is 0.230. The molecule has 1 amide bonds. The number of benzene rings is 1. The van der Waals surface area contributed by atoms with Gasteiger partial charge in [0.05, 0.1) is 7.11 Å². The predicted octanol–water partition coefficient (Wildman–Crippen LogP) is 1.04. The van der Waals surface area contributed by atoms with Crippen LogP contribution in [-0.2, 0) is 11.2 Å². The number of amides is 1. The first-order valence-electron chi connectivity index (χ1n) is 6.33. The number of methoxy groups -OCH3 is 1.